The SMILES string of the molecule is FC1(Cc2cccc(C(F)(F)F)c2)CCCNCC1. The van der Waals surface area contributed by atoms with Crippen molar-refractivity contribution >= 4 is 0 Å². The summed E-state index contributed by atoms with van der Waals surface area (Å²) < 4.78 is 52.4. The second-order valence-electron chi connectivity index (χ2n) is 5.13. The van der Waals surface area contributed by atoms with E-state index in [9.17, 15) is 17.6 Å². The van der Waals surface area contributed by atoms with Crippen molar-refractivity contribution in [2.75, 3.05) is 13.1 Å². The lowest BCUT2D eigenvalue weighted by molar-refractivity contribution is -0.137. The number of benzene rings is 1. The molecule has 0 spiro atoms. The molecular weight excluding hydrogens is 258 g/mol. The molecule has 1 saturated heterocycles. The van der Waals surface area contributed by atoms with E-state index < -0.39 is 17.4 Å². The molecule has 0 amide bonds. The molecule has 0 radical (unpaired) electrons. The Bertz CT molecular complexity index is 420. The quantitative estimate of drug-likeness (QED) is 0.811. The summed E-state index contributed by atoms with van der Waals surface area (Å²) in [7, 11) is 0. The number of alkyl halides is 4. The molecule has 19 heavy (non-hydrogen) atoms. The predicted octanol–water partition coefficient (Wildman–Crippen LogP) is 3.73. The second kappa shape index (κ2) is 5.49. The van der Waals surface area contributed by atoms with Crippen LogP contribution in [0.1, 0.15) is 30.4 Å². The van der Waals surface area contributed by atoms with E-state index in [-0.39, 0.29) is 6.42 Å². The monoisotopic (exact) mass is 275 g/mol. The van der Waals surface area contributed by atoms with Crippen LogP contribution in [0.5, 0.6) is 0 Å². The number of hydrogen-bond acceptors (Lipinski definition) is 1. The van der Waals surface area contributed by atoms with Gasteiger partial charge in [0.15, 0.2) is 0 Å². The summed E-state index contributed by atoms with van der Waals surface area (Å²) in [5.41, 5.74) is -1.69. The minimum Gasteiger partial charge on any atom is -0.317 e. The van der Waals surface area contributed by atoms with Crippen LogP contribution in [0.25, 0.3) is 0 Å². The summed E-state index contributed by atoms with van der Waals surface area (Å²) in [5, 5.41) is 3.10. The van der Waals surface area contributed by atoms with Crippen molar-refractivity contribution in [3.8, 4) is 0 Å². The molecule has 106 valence electrons. The summed E-state index contributed by atoms with van der Waals surface area (Å²) in [5.74, 6) is 0. The van der Waals surface area contributed by atoms with Gasteiger partial charge in [-0.15, -0.1) is 0 Å². The molecule has 1 heterocycles. The molecule has 1 aromatic carbocycles. The first-order chi connectivity index (χ1) is 8.89. The van der Waals surface area contributed by atoms with Crippen LogP contribution >= 0.6 is 0 Å². The number of rotatable bonds is 2. The summed E-state index contributed by atoms with van der Waals surface area (Å²) in [6.07, 6.45) is -2.85. The molecular formula is C14H17F4N. The minimum atomic E-state index is -4.37. The van der Waals surface area contributed by atoms with Crippen LogP contribution in [0.3, 0.4) is 0 Å². The molecule has 2 rings (SSSR count). The standard InChI is InChI=1S/C14H17F4N/c15-13(5-2-7-19-8-6-13)10-11-3-1-4-12(9-11)14(16,17)18/h1,3-4,9,19H,2,5-8,10H2. The van der Waals surface area contributed by atoms with E-state index in [1.54, 1.807) is 6.07 Å². The van der Waals surface area contributed by atoms with Gasteiger partial charge in [-0.2, -0.15) is 13.2 Å². The third kappa shape index (κ3) is 3.93. The molecule has 0 bridgehead atoms. The maximum atomic E-state index is 14.6. The molecule has 1 N–H and O–H groups in total. The molecule has 1 aliphatic heterocycles. The zero-order valence-corrected chi connectivity index (χ0v) is 10.6. The van der Waals surface area contributed by atoms with Crippen LogP contribution in [0.2, 0.25) is 0 Å². The van der Waals surface area contributed by atoms with Crippen LogP contribution in [0.15, 0.2) is 24.3 Å². The van der Waals surface area contributed by atoms with Gasteiger partial charge in [0.25, 0.3) is 0 Å². The molecule has 1 fully saturated rings. The molecule has 0 aliphatic carbocycles. The van der Waals surface area contributed by atoms with Gasteiger partial charge in [0.1, 0.15) is 5.67 Å². The predicted molar refractivity (Wildman–Crippen MR) is 65.7 cm³/mol. The Morgan fingerprint density at radius 3 is 2.68 bits per heavy atom. The fourth-order valence-corrected chi connectivity index (χ4v) is 2.49. The lowest BCUT2D eigenvalue weighted by atomic mass is 9.89. The van der Waals surface area contributed by atoms with Crippen LogP contribution in [0, 0.1) is 0 Å². The van der Waals surface area contributed by atoms with Crippen molar-refractivity contribution < 1.29 is 17.6 Å². The highest BCUT2D eigenvalue weighted by Gasteiger charge is 2.33. The molecule has 0 saturated carbocycles. The highest BCUT2D eigenvalue weighted by atomic mass is 19.4. The Balaban J connectivity index is 2.14. The summed E-state index contributed by atoms with van der Waals surface area (Å²) in [4.78, 5) is 0. The average Bonchev–Trinajstić information content (AvgIpc) is 2.53. The maximum Gasteiger partial charge on any atom is 0.416 e. The Kier molecular flexibility index (Phi) is 4.13. The third-order valence-electron chi connectivity index (χ3n) is 3.50. The third-order valence-corrected chi connectivity index (χ3v) is 3.50. The second-order valence-corrected chi connectivity index (χ2v) is 5.13. The molecule has 0 aromatic heterocycles. The first-order valence-corrected chi connectivity index (χ1v) is 6.45. The van der Waals surface area contributed by atoms with Gasteiger partial charge in [-0.25, -0.2) is 4.39 Å². The smallest absolute Gasteiger partial charge is 0.317 e. The van der Waals surface area contributed by atoms with Crippen molar-refractivity contribution in [1.82, 2.24) is 5.32 Å². The van der Waals surface area contributed by atoms with E-state index >= 15 is 0 Å². The highest BCUT2D eigenvalue weighted by molar-refractivity contribution is 5.27. The van der Waals surface area contributed by atoms with Crippen LogP contribution in [-0.4, -0.2) is 18.8 Å². The first kappa shape index (κ1) is 14.3. The highest BCUT2D eigenvalue weighted by Crippen LogP contribution is 2.32. The van der Waals surface area contributed by atoms with Gasteiger partial charge < -0.3 is 5.32 Å². The van der Waals surface area contributed by atoms with Gasteiger partial charge in [-0.3, -0.25) is 0 Å². The van der Waals surface area contributed by atoms with E-state index in [0.29, 0.717) is 24.9 Å². The van der Waals surface area contributed by atoms with Crippen molar-refractivity contribution in [3.05, 3.63) is 35.4 Å². The molecule has 1 aliphatic rings. The lowest BCUT2D eigenvalue weighted by Crippen LogP contribution is -2.27. The zero-order valence-electron chi connectivity index (χ0n) is 10.6. The van der Waals surface area contributed by atoms with Gasteiger partial charge >= 0.3 is 6.18 Å². The van der Waals surface area contributed by atoms with Crippen LogP contribution in [-0.2, 0) is 12.6 Å². The van der Waals surface area contributed by atoms with E-state index in [1.807, 2.05) is 0 Å². The van der Waals surface area contributed by atoms with Gasteiger partial charge in [0, 0.05) is 6.42 Å². The number of halogens is 4. The van der Waals surface area contributed by atoms with Gasteiger partial charge in [0.05, 0.1) is 5.56 Å². The van der Waals surface area contributed by atoms with E-state index in [0.717, 1.165) is 25.1 Å². The molecule has 1 atom stereocenters. The van der Waals surface area contributed by atoms with Crippen molar-refractivity contribution in [2.24, 2.45) is 0 Å². The average molecular weight is 275 g/mol. The van der Waals surface area contributed by atoms with E-state index in [2.05, 4.69) is 5.32 Å². The van der Waals surface area contributed by atoms with Crippen molar-refractivity contribution in [1.29, 1.82) is 0 Å². The van der Waals surface area contributed by atoms with Gasteiger partial charge in [-0.05, 0) is 44.0 Å². The largest absolute Gasteiger partial charge is 0.416 e. The fraction of sp³-hybridized carbons (Fsp3) is 0.571. The van der Waals surface area contributed by atoms with Crippen molar-refractivity contribution in [3.63, 3.8) is 0 Å². The molecule has 1 aromatic rings. The summed E-state index contributed by atoms with van der Waals surface area (Å²) in [6, 6.07) is 4.98. The van der Waals surface area contributed by atoms with Gasteiger partial charge in [0.2, 0.25) is 0 Å². The molecule has 5 heteroatoms. The van der Waals surface area contributed by atoms with E-state index in [1.165, 1.54) is 6.07 Å². The summed E-state index contributed by atoms with van der Waals surface area (Å²) in [6.45, 7) is 1.35. The Morgan fingerprint density at radius 2 is 1.95 bits per heavy atom. The van der Waals surface area contributed by atoms with Gasteiger partial charge in [-0.1, -0.05) is 18.2 Å². The molecule has 1 nitrogen and oxygen atoms in total. The van der Waals surface area contributed by atoms with E-state index in [4.69, 9.17) is 0 Å². The Morgan fingerprint density at radius 1 is 1.16 bits per heavy atom. The summed E-state index contributed by atoms with van der Waals surface area (Å²) >= 11 is 0. The van der Waals surface area contributed by atoms with Crippen LogP contribution < -0.4 is 5.32 Å². The first-order valence-electron chi connectivity index (χ1n) is 6.45. The van der Waals surface area contributed by atoms with Crippen molar-refractivity contribution in [2.45, 2.75) is 37.5 Å². The fourth-order valence-electron chi connectivity index (χ4n) is 2.49. The minimum absolute atomic E-state index is 0.0542. The normalized spacial score (nSPS) is 25.1. The maximum absolute atomic E-state index is 14.6. The number of nitrogens with one attached hydrogen (secondary N) is 1. The zero-order chi connectivity index (χ0) is 13.9. The Labute approximate surface area is 110 Å². The Hall–Kier alpha value is -1.10. The molecule has 1 unspecified atom stereocenters. The topological polar surface area (TPSA) is 12.0 Å². The lowest BCUT2D eigenvalue weighted by Gasteiger charge is -2.23. The number of hydrogen-bond donors (Lipinski definition) is 1. The van der Waals surface area contributed by atoms with Crippen LogP contribution in [0.4, 0.5) is 17.6 Å².